The van der Waals surface area contributed by atoms with E-state index < -0.39 is 0 Å². The van der Waals surface area contributed by atoms with E-state index in [4.69, 9.17) is 0 Å². The Labute approximate surface area is 307 Å². The molecule has 0 aliphatic carbocycles. The van der Waals surface area contributed by atoms with Gasteiger partial charge in [0.05, 0.1) is 5.69 Å². The van der Waals surface area contributed by atoms with E-state index in [1.807, 2.05) is 11.3 Å². The summed E-state index contributed by atoms with van der Waals surface area (Å²) in [7, 11) is 0. The van der Waals surface area contributed by atoms with Crippen LogP contribution in [-0.4, -0.2) is 0 Å². The van der Waals surface area contributed by atoms with E-state index in [1.54, 1.807) is 0 Å². The molecule has 9 aromatic carbocycles. The van der Waals surface area contributed by atoms with Crippen LogP contribution in [0.1, 0.15) is 0 Å². The Morgan fingerprint density at radius 3 is 1.73 bits per heavy atom. The van der Waals surface area contributed by atoms with Crippen molar-refractivity contribution in [1.29, 1.82) is 0 Å². The van der Waals surface area contributed by atoms with E-state index >= 15 is 0 Å². The van der Waals surface area contributed by atoms with Crippen LogP contribution in [0.5, 0.6) is 0 Å². The summed E-state index contributed by atoms with van der Waals surface area (Å²) in [6.45, 7) is 0. The van der Waals surface area contributed by atoms with E-state index in [9.17, 15) is 0 Å². The molecule has 0 saturated heterocycles. The Kier molecular flexibility index (Phi) is 7.41. The Balaban J connectivity index is 1.14. The summed E-state index contributed by atoms with van der Waals surface area (Å²) >= 11 is 1.88. The van der Waals surface area contributed by atoms with Crippen LogP contribution in [-0.2, 0) is 0 Å². The first kappa shape index (κ1) is 30.4. The van der Waals surface area contributed by atoms with E-state index in [2.05, 4.69) is 205 Å². The summed E-state index contributed by atoms with van der Waals surface area (Å²) in [5.41, 5.74) is 10.8. The van der Waals surface area contributed by atoms with E-state index in [0.29, 0.717) is 0 Å². The van der Waals surface area contributed by atoms with Gasteiger partial charge in [-0.25, -0.2) is 0 Å². The molecule has 0 atom stereocenters. The number of nitrogens with zero attached hydrogens (tertiary/aromatic N) is 1. The molecule has 0 unspecified atom stereocenters. The van der Waals surface area contributed by atoms with Crippen molar-refractivity contribution in [3.63, 3.8) is 0 Å². The second kappa shape index (κ2) is 12.7. The summed E-state index contributed by atoms with van der Waals surface area (Å²) in [5.74, 6) is 0. The molecule has 0 radical (unpaired) electrons. The highest BCUT2D eigenvalue weighted by molar-refractivity contribution is 7.26. The zero-order valence-electron chi connectivity index (χ0n) is 28.4. The van der Waals surface area contributed by atoms with Gasteiger partial charge < -0.3 is 4.90 Å². The molecule has 0 bridgehead atoms. The Bertz CT molecular complexity index is 2880. The van der Waals surface area contributed by atoms with Crippen molar-refractivity contribution in [3.8, 4) is 33.4 Å². The maximum Gasteiger partial charge on any atom is 0.0554 e. The lowest BCUT2D eigenvalue weighted by Gasteiger charge is -2.27. The van der Waals surface area contributed by atoms with Crippen molar-refractivity contribution in [1.82, 2.24) is 0 Å². The van der Waals surface area contributed by atoms with Crippen molar-refractivity contribution in [2.24, 2.45) is 0 Å². The molecule has 10 aromatic rings. The van der Waals surface area contributed by atoms with Crippen molar-refractivity contribution in [2.45, 2.75) is 0 Å². The van der Waals surface area contributed by atoms with Gasteiger partial charge in [0.1, 0.15) is 0 Å². The van der Waals surface area contributed by atoms with Gasteiger partial charge in [0, 0.05) is 31.5 Å². The number of anilines is 3. The fourth-order valence-electron chi connectivity index (χ4n) is 7.73. The molecule has 52 heavy (non-hydrogen) atoms. The molecule has 0 amide bonds. The smallest absolute Gasteiger partial charge is 0.0554 e. The van der Waals surface area contributed by atoms with E-state index in [1.165, 1.54) is 80.8 Å². The maximum atomic E-state index is 2.43. The predicted molar refractivity (Wildman–Crippen MR) is 225 cm³/mol. The average Bonchev–Trinajstić information content (AvgIpc) is 3.61. The van der Waals surface area contributed by atoms with Gasteiger partial charge in [-0.1, -0.05) is 158 Å². The predicted octanol–water partition coefficient (Wildman–Crippen LogP) is 14.8. The van der Waals surface area contributed by atoms with Gasteiger partial charge >= 0.3 is 0 Å². The minimum atomic E-state index is 1.12. The minimum Gasteiger partial charge on any atom is -0.310 e. The molecule has 2 heteroatoms. The van der Waals surface area contributed by atoms with Gasteiger partial charge in [-0.2, -0.15) is 0 Å². The van der Waals surface area contributed by atoms with Crippen molar-refractivity contribution in [3.05, 3.63) is 200 Å². The van der Waals surface area contributed by atoms with Crippen LogP contribution in [0.3, 0.4) is 0 Å². The largest absolute Gasteiger partial charge is 0.310 e. The van der Waals surface area contributed by atoms with Crippen molar-refractivity contribution >= 4 is 70.1 Å². The standard InChI is InChI=1S/C50H33NS/c1-2-12-37(13-3-1)45-19-9-20-46-49-47(21-10-22-48(49)52-50(45)46)51(41-29-25-35(26-30-41)40-24-23-34-11-4-5-15-39(34)33-40)42-31-27-38(28-32-42)44-18-8-16-36-14-6-7-17-43(36)44/h1-33H. The van der Waals surface area contributed by atoms with E-state index in [0.717, 1.165) is 11.4 Å². The number of fused-ring (bicyclic) bond motifs is 5. The lowest BCUT2D eigenvalue weighted by Crippen LogP contribution is -2.10. The van der Waals surface area contributed by atoms with Gasteiger partial charge in [-0.3, -0.25) is 0 Å². The third-order valence-corrected chi connectivity index (χ3v) is 11.5. The molecule has 0 N–H and O–H groups in total. The van der Waals surface area contributed by atoms with Crippen LogP contribution in [0.25, 0.3) is 75.1 Å². The topological polar surface area (TPSA) is 3.24 Å². The van der Waals surface area contributed by atoms with Crippen LogP contribution in [0.15, 0.2) is 200 Å². The molecule has 244 valence electrons. The van der Waals surface area contributed by atoms with Gasteiger partial charge in [0.15, 0.2) is 0 Å². The number of hydrogen-bond acceptors (Lipinski definition) is 2. The van der Waals surface area contributed by atoms with Gasteiger partial charge in [0.25, 0.3) is 0 Å². The molecule has 0 aliphatic rings. The molecular formula is C50H33NS. The first-order chi connectivity index (χ1) is 25.8. The van der Waals surface area contributed by atoms with Gasteiger partial charge in [-0.05, 0) is 97.4 Å². The monoisotopic (exact) mass is 679 g/mol. The number of hydrogen-bond donors (Lipinski definition) is 0. The molecular weight excluding hydrogens is 647 g/mol. The molecule has 0 aliphatic heterocycles. The molecule has 10 rings (SSSR count). The van der Waals surface area contributed by atoms with Crippen LogP contribution in [0, 0.1) is 0 Å². The third kappa shape index (κ3) is 5.24. The zero-order valence-corrected chi connectivity index (χ0v) is 29.2. The summed E-state index contributed by atoms with van der Waals surface area (Å²) in [4.78, 5) is 2.43. The molecule has 1 nitrogen and oxygen atoms in total. The van der Waals surface area contributed by atoms with Crippen LogP contribution in [0.4, 0.5) is 17.1 Å². The Hall–Kier alpha value is -6.48. The van der Waals surface area contributed by atoms with Crippen LogP contribution in [0.2, 0.25) is 0 Å². The lowest BCUT2D eigenvalue weighted by atomic mass is 9.97. The minimum absolute atomic E-state index is 1.12. The quantitative estimate of drug-likeness (QED) is 0.169. The normalized spacial score (nSPS) is 11.5. The van der Waals surface area contributed by atoms with Gasteiger partial charge in [0.2, 0.25) is 0 Å². The third-order valence-electron chi connectivity index (χ3n) is 10.3. The van der Waals surface area contributed by atoms with Crippen molar-refractivity contribution < 1.29 is 0 Å². The number of rotatable bonds is 6. The van der Waals surface area contributed by atoms with Crippen LogP contribution >= 0.6 is 11.3 Å². The van der Waals surface area contributed by atoms with Crippen molar-refractivity contribution in [2.75, 3.05) is 4.90 Å². The highest BCUT2D eigenvalue weighted by Gasteiger charge is 2.20. The summed E-state index contributed by atoms with van der Waals surface area (Å²) < 4.78 is 2.59. The molecule has 0 fully saturated rings. The lowest BCUT2D eigenvalue weighted by molar-refractivity contribution is 1.30. The highest BCUT2D eigenvalue weighted by Crippen LogP contribution is 2.47. The number of benzene rings is 9. The fraction of sp³-hybridized carbons (Fsp3) is 0. The highest BCUT2D eigenvalue weighted by atomic mass is 32.1. The summed E-state index contributed by atoms with van der Waals surface area (Å²) in [6.07, 6.45) is 0. The second-order valence-corrected chi connectivity index (χ2v) is 14.4. The SMILES string of the molecule is c1ccc(-c2cccc3c2sc2cccc(N(c4ccc(-c5ccc6ccccc6c5)cc4)c4ccc(-c5cccc6ccccc56)cc4)c23)cc1. The second-order valence-electron chi connectivity index (χ2n) is 13.3. The molecule has 0 saturated carbocycles. The first-order valence-corrected chi connectivity index (χ1v) is 18.6. The number of thiophene rings is 1. The summed E-state index contributed by atoms with van der Waals surface area (Å²) in [6, 6.07) is 72.9. The zero-order chi connectivity index (χ0) is 34.4. The Morgan fingerprint density at radius 1 is 0.346 bits per heavy atom. The average molecular weight is 680 g/mol. The summed E-state index contributed by atoms with van der Waals surface area (Å²) in [5, 5.41) is 7.58. The van der Waals surface area contributed by atoms with Gasteiger partial charge in [-0.15, -0.1) is 11.3 Å². The molecule has 1 heterocycles. The fourth-order valence-corrected chi connectivity index (χ4v) is 8.99. The molecule has 0 spiro atoms. The van der Waals surface area contributed by atoms with E-state index in [-0.39, 0.29) is 0 Å². The maximum absolute atomic E-state index is 2.43. The van der Waals surface area contributed by atoms with Crippen LogP contribution < -0.4 is 4.90 Å². The first-order valence-electron chi connectivity index (χ1n) is 17.8. The molecule has 1 aromatic heterocycles. The Morgan fingerprint density at radius 2 is 0.923 bits per heavy atom.